The van der Waals surface area contributed by atoms with Crippen molar-refractivity contribution in [2.45, 2.75) is 44.6 Å². The van der Waals surface area contributed by atoms with Crippen molar-refractivity contribution in [2.24, 2.45) is 17.6 Å². The third-order valence-electron chi connectivity index (χ3n) is 5.28. The van der Waals surface area contributed by atoms with Gasteiger partial charge in [-0.2, -0.15) is 0 Å². The molecule has 0 spiro atoms. The lowest BCUT2D eigenvalue weighted by Gasteiger charge is -2.41. The standard InChI is InChI=1S/C16H31N3O2/c1-18-8-6-14(7-9-18)19(10-11-20)16(21)15-5-3-2-4-13(15)12-17/h13-15,20H,2-12,17H2,1H3. The van der Waals surface area contributed by atoms with Gasteiger partial charge in [-0.05, 0) is 58.3 Å². The molecule has 21 heavy (non-hydrogen) atoms. The van der Waals surface area contributed by atoms with Gasteiger partial charge in [0.25, 0.3) is 0 Å². The van der Waals surface area contributed by atoms with E-state index in [0.717, 1.165) is 45.2 Å². The van der Waals surface area contributed by atoms with Crippen LogP contribution in [0.25, 0.3) is 0 Å². The van der Waals surface area contributed by atoms with Crippen LogP contribution in [0.4, 0.5) is 0 Å². The van der Waals surface area contributed by atoms with E-state index in [-0.39, 0.29) is 18.4 Å². The van der Waals surface area contributed by atoms with Gasteiger partial charge >= 0.3 is 0 Å². The van der Waals surface area contributed by atoms with Crippen molar-refractivity contribution in [3.8, 4) is 0 Å². The summed E-state index contributed by atoms with van der Waals surface area (Å²) in [5.74, 6) is 0.655. The molecule has 2 unspecified atom stereocenters. The number of carbonyl (C=O) groups is 1. The predicted octanol–water partition coefficient (Wildman–Crippen LogP) is 0.667. The summed E-state index contributed by atoms with van der Waals surface area (Å²) >= 11 is 0. The summed E-state index contributed by atoms with van der Waals surface area (Å²) < 4.78 is 0. The molecule has 2 aliphatic rings. The number of nitrogens with two attached hydrogens (primary N) is 1. The monoisotopic (exact) mass is 297 g/mol. The van der Waals surface area contributed by atoms with Crippen molar-refractivity contribution in [1.29, 1.82) is 0 Å². The zero-order valence-electron chi connectivity index (χ0n) is 13.3. The van der Waals surface area contributed by atoms with Gasteiger partial charge in [-0.25, -0.2) is 0 Å². The fraction of sp³-hybridized carbons (Fsp3) is 0.938. The zero-order valence-corrected chi connectivity index (χ0v) is 13.3. The molecule has 1 saturated carbocycles. The molecule has 0 radical (unpaired) electrons. The first kappa shape index (κ1) is 16.7. The molecule has 0 aromatic carbocycles. The largest absolute Gasteiger partial charge is 0.395 e. The number of amides is 1. The van der Waals surface area contributed by atoms with Gasteiger partial charge in [0.2, 0.25) is 5.91 Å². The Hall–Kier alpha value is -0.650. The van der Waals surface area contributed by atoms with Crippen LogP contribution in [0.15, 0.2) is 0 Å². The van der Waals surface area contributed by atoms with E-state index in [1.807, 2.05) is 4.90 Å². The normalized spacial score (nSPS) is 28.5. The lowest BCUT2D eigenvalue weighted by Crippen LogP contribution is -2.51. The van der Waals surface area contributed by atoms with Crippen LogP contribution in [-0.4, -0.2) is 66.7 Å². The molecular formula is C16H31N3O2. The first-order valence-electron chi connectivity index (χ1n) is 8.47. The highest BCUT2D eigenvalue weighted by molar-refractivity contribution is 5.79. The van der Waals surface area contributed by atoms with E-state index < -0.39 is 0 Å². The minimum Gasteiger partial charge on any atom is -0.395 e. The topological polar surface area (TPSA) is 69.8 Å². The van der Waals surface area contributed by atoms with E-state index in [9.17, 15) is 9.90 Å². The molecule has 5 heteroatoms. The van der Waals surface area contributed by atoms with Crippen LogP contribution < -0.4 is 5.73 Å². The summed E-state index contributed by atoms with van der Waals surface area (Å²) in [6.45, 7) is 3.20. The van der Waals surface area contributed by atoms with Crippen molar-refractivity contribution in [2.75, 3.05) is 39.8 Å². The second kappa shape index (κ2) is 8.11. The summed E-state index contributed by atoms with van der Waals surface area (Å²) in [5.41, 5.74) is 5.88. The van der Waals surface area contributed by atoms with E-state index in [1.165, 1.54) is 6.42 Å². The van der Waals surface area contributed by atoms with Crippen molar-refractivity contribution in [3.63, 3.8) is 0 Å². The second-order valence-corrected chi connectivity index (χ2v) is 6.68. The Morgan fingerprint density at radius 3 is 2.52 bits per heavy atom. The molecule has 5 nitrogen and oxygen atoms in total. The van der Waals surface area contributed by atoms with Crippen molar-refractivity contribution in [1.82, 2.24) is 9.80 Å². The van der Waals surface area contributed by atoms with Gasteiger partial charge in [-0.15, -0.1) is 0 Å². The summed E-state index contributed by atoms with van der Waals surface area (Å²) in [7, 11) is 2.13. The molecule has 0 aromatic heterocycles. The van der Waals surface area contributed by atoms with Gasteiger partial charge in [0.1, 0.15) is 0 Å². The minimum atomic E-state index is 0.0537. The molecule has 2 rings (SSSR count). The zero-order chi connectivity index (χ0) is 15.2. The lowest BCUT2D eigenvalue weighted by atomic mass is 9.78. The number of aliphatic hydroxyl groups is 1. The highest BCUT2D eigenvalue weighted by Gasteiger charge is 2.35. The molecule has 1 aliphatic carbocycles. The smallest absolute Gasteiger partial charge is 0.226 e. The molecule has 122 valence electrons. The summed E-state index contributed by atoms with van der Waals surface area (Å²) in [6.07, 6.45) is 6.40. The molecule has 2 atom stereocenters. The van der Waals surface area contributed by atoms with E-state index in [0.29, 0.717) is 25.0 Å². The van der Waals surface area contributed by atoms with Crippen LogP contribution in [0.5, 0.6) is 0 Å². The van der Waals surface area contributed by atoms with Gasteiger partial charge in [0.15, 0.2) is 0 Å². The van der Waals surface area contributed by atoms with Gasteiger partial charge < -0.3 is 20.6 Å². The average molecular weight is 297 g/mol. The SMILES string of the molecule is CN1CCC(N(CCO)C(=O)C2CCCCC2CN)CC1. The van der Waals surface area contributed by atoms with Gasteiger partial charge in [-0.3, -0.25) is 4.79 Å². The third kappa shape index (κ3) is 4.18. The number of hydrogen-bond acceptors (Lipinski definition) is 4. The third-order valence-corrected chi connectivity index (χ3v) is 5.28. The van der Waals surface area contributed by atoms with Crippen LogP contribution >= 0.6 is 0 Å². The molecular weight excluding hydrogens is 266 g/mol. The van der Waals surface area contributed by atoms with Crippen molar-refractivity contribution < 1.29 is 9.90 Å². The van der Waals surface area contributed by atoms with Gasteiger partial charge in [0, 0.05) is 18.5 Å². The van der Waals surface area contributed by atoms with Crippen LogP contribution in [-0.2, 0) is 4.79 Å². The number of aliphatic hydroxyl groups excluding tert-OH is 1. The number of piperidine rings is 1. The van der Waals surface area contributed by atoms with Crippen LogP contribution in [0.2, 0.25) is 0 Å². The summed E-state index contributed by atoms with van der Waals surface area (Å²) in [4.78, 5) is 17.3. The summed E-state index contributed by atoms with van der Waals surface area (Å²) in [6, 6.07) is 0.293. The van der Waals surface area contributed by atoms with E-state index in [4.69, 9.17) is 5.73 Å². The quantitative estimate of drug-likeness (QED) is 0.782. The fourth-order valence-electron chi connectivity index (χ4n) is 3.91. The van der Waals surface area contributed by atoms with Crippen LogP contribution in [0, 0.1) is 11.8 Å². The number of carbonyl (C=O) groups excluding carboxylic acids is 1. The Morgan fingerprint density at radius 1 is 1.24 bits per heavy atom. The van der Waals surface area contributed by atoms with E-state index in [1.54, 1.807) is 0 Å². The molecule has 1 saturated heterocycles. The Balaban J connectivity index is 2.03. The van der Waals surface area contributed by atoms with Gasteiger partial charge in [-0.1, -0.05) is 12.8 Å². The molecule has 1 heterocycles. The average Bonchev–Trinajstić information content (AvgIpc) is 2.53. The predicted molar refractivity (Wildman–Crippen MR) is 83.8 cm³/mol. The first-order valence-corrected chi connectivity index (χ1v) is 8.47. The number of nitrogens with zero attached hydrogens (tertiary/aromatic N) is 2. The summed E-state index contributed by atoms with van der Waals surface area (Å²) in [5, 5.41) is 9.36. The fourth-order valence-corrected chi connectivity index (χ4v) is 3.91. The molecule has 1 amide bonds. The minimum absolute atomic E-state index is 0.0537. The number of rotatable bonds is 5. The lowest BCUT2D eigenvalue weighted by molar-refractivity contribution is -0.142. The second-order valence-electron chi connectivity index (χ2n) is 6.68. The Labute approximate surface area is 128 Å². The first-order chi connectivity index (χ1) is 10.2. The van der Waals surface area contributed by atoms with Gasteiger partial charge in [0.05, 0.1) is 6.61 Å². The molecule has 0 bridgehead atoms. The Morgan fingerprint density at radius 2 is 1.90 bits per heavy atom. The number of likely N-dealkylation sites (tertiary alicyclic amines) is 1. The highest BCUT2D eigenvalue weighted by atomic mass is 16.3. The Bertz CT molecular complexity index is 329. The Kier molecular flexibility index (Phi) is 6.45. The molecule has 2 fully saturated rings. The van der Waals surface area contributed by atoms with E-state index in [2.05, 4.69) is 11.9 Å². The van der Waals surface area contributed by atoms with Crippen LogP contribution in [0.3, 0.4) is 0 Å². The van der Waals surface area contributed by atoms with Crippen molar-refractivity contribution >= 4 is 5.91 Å². The maximum atomic E-state index is 13.0. The maximum absolute atomic E-state index is 13.0. The van der Waals surface area contributed by atoms with E-state index >= 15 is 0 Å². The highest BCUT2D eigenvalue weighted by Crippen LogP contribution is 2.32. The molecule has 3 N–H and O–H groups in total. The number of hydrogen-bond donors (Lipinski definition) is 2. The maximum Gasteiger partial charge on any atom is 0.226 e. The van der Waals surface area contributed by atoms with Crippen LogP contribution in [0.1, 0.15) is 38.5 Å². The van der Waals surface area contributed by atoms with Crippen molar-refractivity contribution in [3.05, 3.63) is 0 Å². The molecule has 1 aliphatic heterocycles. The molecule has 0 aromatic rings.